The highest BCUT2D eigenvalue weighted by atomic mass is 16.1. The number of hydrogen-bond acceptors (Lipinski definition) is 3. The summed E-state index contributed by atoms with van der Waals surface area (Å²) < 4.78 is 1.92. The molecule has 2 N–H and O–H groups in total. The summed E-state index contributed by atoms with van der Waals surface area (Å²) >= 11 is 0. The Morgan fingerprint density at radius 1 is 1.44 bits per heavy atom. The van der Waals surface area contributed by atoms with Crippen molar-refractivity contribution in [2.24, 2.45) is 7.05 Å². The highest BCUT2D eigenvalue weighted by molar-refractivity contribution is 6.00. The SMILES string of the molecule is Cc1ccc(N)c(C(=O)CCc2nccn2C)c1. The van der Waals surface area contributed by atoms with Gasteiger partial charge in [-0.15, -0.1) is 0 Å². The number of anilines is 1. The number of Topliss-reactive ketones (excluding diaryl/α,β-unsaturated/α-hetero) is 1. The van der Waals surface area contributed by atoms with Gasteiger partial charge in [-0.2, -0.15) is 0 Å². The standard InChI is InChI=1S/C14H17N3O/c1-10-3-4-12(15)11(9-10)13(18)5-6-14-16-7-8-17(14)2/h3-4,7-9H,5-6,15H2,1-2H3. The third-order valence-corrected chi connectivity index (χ3v) is 3.01. The van der Waals surface area contributed by atoms with Gasteiger partial charge in [0.1, 0.15) is 5.82 Å². The summed E-state index contributed by atoms with van der Waals surface area (Å²) in [6, 6.07) is 5.53. The molecule has 0 unspecified atom stereocenters. The van der Waals surface area contributed by atoms with Crippen molar-refractivity contribution < 1.29 is 4.79 Å². The van der Waals surface area contributed by atoms with Crippen LogP contribution in [0.5, 0.6) is 0 Å². The molecular weight excluding hydrogens is 226 g/mol. The lowest BCUT2D eigenvalue weighted by molar-refractivity contribution is 0.0982. The van der Waals surface area contributed by atoms with Crippen LogP contribution in [0.15, 0.2) is 30.6 Å². The first-order chi connectivity index (χ1) is 8.58. The topological polar surface area (TPSA) is 60.9 Å². The van der Waals surface area contributed by atoms with Gasteiger partial charge in [0.05, 0.1) is 0 Å². The first-order valence-electron chi connectivity index (χ1n) is 5.93. The van der Waals surface area contributed by atoms with Crippen LogP contribution in [0, 0.1) is 6.92 Å². The molecule has 0 saturated heterocycles. The summed E-state index contributed by atoms with van der Waals surface area (Å²) in [5.41, 5.74) is 8.04. The van der Waals surface area contributed by atoms with E-state index in [4.69, 9.17) is 5.73 Å². The Labute approximate surface area is 106 Å². The van der Waals surface area contributed by atoms with E-state index in [1.807, 2.05) is 36.9 Å². The van der Waals surface area contributed by atoms with Gasteiger partial charge in [0.25, 0.3) is 0 Å². The molecule has 4 heteroatoms. The highest BCUT2D eigenvalue weighted by Crippen LogP contribution is 2.16. The third kappa shape index (κ3) is 2.59. The van der Waals surface area contributed by atoms with E-state index < -0.39 is 0 Å². The number of benzene rings is 1. The lowest BCUT2D eigenvalue weighted by Crippen LogP contribution is -2.07. The number of aromatic nitrogens is 2. The Kier molecular flexibility index (Phi) is 3.46. The van der Waals surface area contributed by atoms with Gasteiger partial charge in [0.2, 0.25) is 0 Å². The number of rotatable bonds is 4. The van der Waals surface area contributed by atoms with Gasteiger partial charge in [0, 0.05) is 43.5 Å². The van der Waals surface area contributed by atoms with E-state index in [-0.39, 0.29) is 5.78 Å². The molecule has 0 aliphatic carbocycles. The van der Waals surface area contributed by atoms with Gasteiger partial charge in [0.15, 0.2) is 5.78 Å². The second-order valence-electron chi connectivity index (χ2n) is 4.47. The van der Waals surface area contributed by atoms with Crippen molar-refractivity contribution >= 4 is 11.5 Å². The minimum Gasteiger partial charge on any atom is -0.398 e. The maximum absolute atomic E-state index is 12.1. The van der Waals surface area contributed by atoms with E-state index in [0.717, 1.165) is 11.4 Å². The van der Waals surface area contributed by atoms with Crippen molar-refractivity contribution in [3.63, 3.8) is 0 Å². The molecule has 0 spiro atoms. The molecule has 0 saturated carbocycles. The maximum Gasteiger partial charge on any atom is 0.165 e. The van der Waals surface area contributed by atoms with Gasteiger partial charge in [-0.3, -0.25) is 4.79 Å². The zero-order valence-electron chi connectivity index (χ0n) is 10.7. The van der Waals surface area contributed by atoms with E-state index in [2.05, 4.69) is 4.98 Å². The first kappa shape index (κ1) is 12.4. The molecule has 0 radical (unpaired) electrons. The van der Waals surface area contributed by atoms with E-state index in [1.54, 1.807) is 12.3 Å². The minimum atomic E-state index is 0.0687. The lowest BCUT2D eigenvalue weighted by atomic mass is 10.0. The summed E-state index contributed by atoms with van der Waals surface area (Å²) in [6.07, 6.45) is 4.68. The fourth-order valence-electron chi connectivity index (χ4n) is 1.91. The van der Waals surface area contributed by atoms with E-state index in [1.165, 1.54) is 0 Å². The maximum atomic E-state index is 12.1. The molecule has 0 aliphatic rings. The molecule has 0 bridgehead atoms. The molecule has 0 atom stereocenters. The number of nitrogens with zero attached hydrogens (tertiary/aromatic N) is 2. The third-order valence-electron chi connectivity index (χ3n) is 3.01. The van der Waals surface area contributed by atoms with Crippen molar-refractivity contribution in [3.05, 3.63) is 47.5 Å². The van der Waals surface area contributed by atoms with Crippen molar-refractivity contribution in [2.75, 3.05) is 5.73 Å². The molecule has 1 aromatic heterocycles. The predicted molar refractivity (Wildman–Crippen MR) is 71.5 cm³/mol. The fraction of sp³-hybridized carbons (Fsp3) is 0.286. The Morgan fingerprint density at radius 3 is 2.89 bits per heavy atom. The highest BCUT2D eigenvalue weighted by Gasteiger charge is 2.11. The average Bonchev–Trinajstić information content (AvgIpc) is 2.75. The largest absolute Gasteiger partial charge is 0.398 e. The molecule has 2 rings (SSSR count). The van der Waals surface area contributed by atoms with Crippen LogP contribution in [-0.4, -0.2) is 15.3 Å². The molecule has 4 nitrogen and oxygen atoms in total. The zero-order chi connectivity index (χ0) is 13.1. The average molecular weight is 243 g/mol. The Hall–Kier alpha value is -2.10. The summed E-state index contributed by atoms with van der Waals surface area (Å²) in [6.45, 7) is 1.95. The second-order valence-corrected chi connectivity index (χ2v) is 4.47. The number of aryl methyl sites for hydroxylation is 3. The van der Waals surface area contributed by atoms with E-state index >= 15 is 0 Å². The Bertz CT molecular complexity index is 572. The number of nitrogen functional groups attached to an aromatic ring is 1. The summed E-state index contributed by atoms with van der Waals surface area (Å²) in [5.74, 6) is 0.980. The van der Waals surface area contributed by atoms with Crippen LogP contribution >= 0.6 is 0 Å². The van der Waals surface area contributed by atoms with Gasteiger partial charge < -0.3 is 10.3 Å². The zero-order valence-corrected chi connectivity index (χ0v) is 10.7. The Balaban J connectivity index is 2.08. The summed E-state index contributed by atoms with van der Waals surface area (Å²) in [5, 5.41) is 0. The lowest BCUT2D eigenvalue weighted by Gasteiger charge is -2.06. The number of hydrogen-bond donors (Lipinski definition) is 1. The molecule has 1 aromatic carbocycles. The number of carbonyl (C=O) groups is 1. The van der Waals surface area contributed by atoms with Gasteiger partial charge in [-0.1, -0.05) is 11.6 Å². The normalized spacial score (nSPS) is 10.6. The molecular formula is C14H17N3O. The van der Waals surface area contributed by atoms with Crippen LogP contribution in [0.1, 0.15) is 28.2 Å². The number of nitrogens with two attached hydrogens (primary N) is 1. The van der Waals surface area contributed by atoms with Crippen molar-refractivity contribution in [1.29, 1.82) is 0 Å². The second kappa shape index (κ2) is 5.04. The van der Waals surface area contributed by atoms with Crippen molar-refractivity contribution in [1.82, 2.24) is 9.55 Å². The van der Waals surface area contributed by atoms with Crippen LogP contribution in [0.4, 0.5) is 5.69 Å². The summed E-state index contributed by atoms with van der Waals surface area (Å²) in [7, 11) is 1.92. The minimum absolute atomic E-state index is 0.0687. The number of carbonyl (C=O) groups excluding carboxylic acids is 1. The first-order valence-corrected chi connectivity index (χ1v) is 5.93. The quantitative estimate of drug-likeness (QED) is 0.661. The molecule has 0 amide bonds. The monoisotopic (exact) mass is 243 g/mol. The van der Waals surface area contributed by atoms with Crippen LogP contribution in [0.3, 0.4) is 0 Å². The van der Waals surface area contributed by atoms with E-state index in [0.29, 0.717) is 24.1 Å². The van der Waals surface area contributed by atoms with Crippen molar-refractivity contribution in [3.8, 4) is 0 Å². The summed E-state index contributed by atoms with van der Waals surface area (Å²) in [4.78, 5) is 16.3. The number of imidazole rings is 1. The molecule has 18 heavy (non-hydrogen) atoms. The van der Waals surface area contributed by atoms with Crippen LogP contribution in [0.25, 0.3) is 0 Å². The molecule has 2 aromatic rings. The van der Waals surface area contributed by atoms with E-state index in [9.17, 15) is 4.79 Å². The predicted octanol–water partition coefficient (Wildman–Crippen LogP) is 2.13. The van der Waals surface area contributed by atoms with Crippen LogP contribution in [-0.2, 0) is 13.5 Å². The van der Waals surface area contributed by atoms with Gasteiger partial charge in [-0.05, 0) is 19.1 Å². The van der Waals surface area contributed by atoms with Crippen LogP contribution < -0.4 is 5.73 Å². The van der Waals surface area contributed by atoms with Crippen LogP contribution in [0.2, 0.25) is 0 Å². The number of ketones is 1. The molecule has 0 aliphatic heterocycles. The van der Waals surface area contributed by atoms with Gasteiger partial charge in [-0.25, -0.2) is 4.98 Å². The van der Waals surface area contributed by atoms with Gasteiger partial charge >= 0.3 is 0 Å². The van der Waals surface area contributed by atoms with Crippen molar-refractivity contribution in [2.45, 2.75) is 19.8 Å². The smallest absolute Gasteiger partial charge is 0.165 e. The molecule has 0 fully saturated rings. The fourth-order valence-corrected chi connectivity index (χ4v) is 1.91. The molecule has 1 heterocycles. The Morgan fingerprint density at radius 2 is 2.22 bits per heavy atom. The molecule has 94 valence electrons.